The summed E-state index contributed by atoms with van der Waals surface area (Å²) >= 11 is 0. The number of rotatable bonds is 1. The maximum atomic E-state index is 12.3. The van der Waals surface area contributed by atoms with Gasteiger partial charge < -0.3 is 10.6 Å². The molecule has 0 saturated heterocycles. The molecular formula is C14H20N2O. The number of hydrogen-bond acceptors (Lipinski definition) is 2. The van der Waals surface area contributed by atoms with Gasteiger partial charge in [-0.2, -0.15) is 0 Å². The van der Waals surface area contributed by atoms with Crippen LogP contribution in [0, 0.1) is 5.41 Å². The third kappa shape index (κ3) is 2.34. The number of nitrogens with two attached hydrogens (primary N) is 1. The van der Waals surface area contributed by atoms with Crippen LogP contribution in [0.4, 0.5) is 0 Å². The number of nitrogens with zero attached hydrogens (tertiary/aromatic N) is 1. The van der Waals surface area contributed by atoms with Crippen molar-refractivity contribution in [1.29, 1.82) is 0 Å². The second-order valence-electron chi connectivity index (χ2n) is 5.81. The van der Waals surface area contributed by atoms with Crippen LogP contribution in [-0.4, -0.2) is 16.8 Å². The molecule has 0 spiro atoms. The molecule has 0 fully saturated rings. The summed E-state index contributed by atoms with van der Waals surface area (Å²) in [6.07, 6.45) is 0. The second kappa shape index (κ2) is 4.15. The van der Waals surface area contributed by atoms with E-state index in [2.05, 4.69) is 12.1 Å². The normalized spacial score (nSPS) is 16.8. The predicted molar refractivity (Wildman–Crippen MR) is 68.1 cm³/mol. The summed E-state index contributed by atoms with van der Waals surface area (Å²) in [6, 6.07) is 7.74. The van der Waals surface area contributed by atoms with E-state index < -0.39 is 6.04 Å². The van der Waals surface area contributed by atoms with Gasteiger partial charge in [-0.05, 0) is 16.5 Å². The molecule has 0 radical (unpaired) electrons. The highest BCUT2D eigenvalue weighted by atomic mass is 16.2. The van der Waals surface area contributed by atoms with Gasteiger partial charge >= 0.3 is 0 Å². The first-order valence-electron chi connectivity index (χ1n) is 6.01. The molecule has 1 heterocycles. The minimum Gasteiger partial charge on any atom is -0.333 e. The van der Waals surface area contributed by atoms with Gasteiger partial charge in [-0.1, -0.05) is 45.0 Å². The fourth-order valence-corrected chi connectivity index (χ4v) is 2.06. The Kier molecular flexibility index (Phi) is 2.96. The van der Waals surface area contributed by atoms with E-state index in [-0.39, 0.29) is 11.3 Å². The SMILES string of the molecule is CC(C)(C)[C@@H](N)C(=O)N1Cc2ccccc2C1. The number of amides is 1. The van der Waals surface area contributed by atoms with E-state index in [1.807, 2.05) is 37.8 Å². The Balaban J connectivity index is 2.11. The number of benzene rings is 1. The summed E-state index contributed by atoms with van der Waals surface area (Å²) < 4.78 is 0. The number of carbonyl (C=O) groups excluding carboxylic acids is 1. The van der Waals surface area contributed by atoms with Crippen LogP contribution in [-0.2, 0) is 17.9 Å². The van der Waals surface area contributed by atoms with Crippen LogP contribution in [0.1, 0.15) is 31.9 Å². The van der Waals surface area contributed by atoms with Crippen LogP contribution < -0.4 is 5.73 Å². The van der Waals surface area contributed by atoms with Crippen LogP contribution in [0.2, 0.25) is 0 Å². The van der Waals surface area contributed by atoms with Gasteiger partial charge in [0.15, 0.2) is 0 Å². The Morgan fingerprint density at radius 3 is 2.12 bits per heavy atom. The van der Waals surface area contributed by atoms with Crippen LogP contribution in [0.3, 0.4) is 0 Å². The van der Waals surface area contributed by atoms with Crippen molar-refractivity contribution < 1.29 is 4.79 Å². The van der Waals surface area contributed by atoms with Crippen molar-refractivity contribution in [3.63, 3.8) is 0 Å². The maximum Gasteiger partial charge on any atom is 0.240 e. The molecule has 1 aliphatic heterocycles. The van der Waals surface area contributed by atoms with Gasteiger partial charge in [0.2, 0.25) is 5.91 Å². The first-order chi connectivity index (χ1) is 7.89. The Bertz CT molecular complexity index is 409. The molecule has 92 valence electrons. The highest BCUT2D eigenvalue weighted by Crippen LogP contribution is 2.26. The van der Waals surface area contributed by atoms with Gasteiger partial charge in [0.1, 0.15) is 0 Å². The van der Waals surface area contributed by atoms with Crippen LogP contribution in [0.5, 0.6) is 0 Å². The predicted octanol–water partition coefficient (Wildman–Crippen LogP) is 1.90. The van der Waals surface area contributed by atoms with Crippen LogP contribution >= 0.6 is 0 Å². The fraction of sp³-hybridized carbons (Fsp3) is 0.500. The van der Waals surface area contributed by atoms with Crippen molar-refractivity contribution in [3.05, 3.63) is 35.4 Å². The van der Waals surface area contributed by atoms with Crippen molar-refractivity contribution in [1.82, 2.24) is 4.90 Å². The summed E-state index contributed by atoms with van der Waals surface area (Å²) in [4.78, 5) is 14.1. The minimum atomic E-state index is -0.434. The summed E-state index contributed by atoms with van der Waals surface area (Å²) in [6.45, 7) is 7.38. The Morgan fingerprint density at radius 1 is 1.24 bits per heavy atom. The van der Waals surface area contributed by atoms with E-state index in [1.54, 1.807) is 0 Å². The molecule has 1 atom stereocenters. The van der Waals surface area contributed by atoms with E-state index >= 15 is 0 Å². The monoisotopic (exact) mass is 232 g/mol. The van der Waals surface area contributed by atoms with Crippen molar-refractivity contribution in [3.8, 4) is 0 Å². The largest absolute Gasteiger partial charge is 0.333 e. The summed E-state index contributed by atoms with van der Waals surface area (Å²) in [5, 5.41) is 0. The van der Waals surface area contributed by atoms with Crippen molar-refractivity contribution >= 4 is 5.91 Å². The molecule has 0 aliphatic carbocycles. The lowest BCUT2D eigenvalue weighted by atomic mass is 9.86. The molecule has 2 N–H and O–H groups in total. The van der Waals surface area contributed by atoms with Crippen molar-refractivity contribution in [2.75, 3.05) is 0 Å². The molecule has 3 heteroatoms. The van der Waals surface area contributed by atoms with E-state index in [0.717, 1.165) is 0 Å². The highest BCUT2D eigenvalue weighted by molar-refractivity contribution is 5.83. The molecule has 2 rings (SSSR count). The molecule has 1 aliphatic rings. The average Bonchev–Trinajstić information content (AvgIpc) is 2.69. The topological polar surface area (TPSA) is 46.3 Å². The quantitative estimate of drug-likeness (QED) is 0.804. The van der Waals surface area contributed by atoms with Gasteiger partial charge in [-0.25, -0.2) is 0 Å². The average molecular weight is 232 g/mol. The molecule has 3 nitrogen and oxygen atoms in total. The van der Waals surface area contributed by atoms with Crippen LogP contribution in [0.25, 0.3) is 0 Å². The number of fused-ring (bicyclic) bond motifs is 1. The number of hydrogen-bond donors (Lipinski definition) is 1. The Morgan fingerprint density at radius 2 is 1.71 bits per heavy atom. The van der Waals surface area contributed by atoms with Gasteiger partial charge in [0.25, 0.3) is 0 Å². The van der Waals surface area contributed by atoms with E-state index in [4.69, 9.17) is 5.73 Å². The zero-order chi connectivity index (χ0) is 12.6. The first kappa shape index (κ1) is 12.1. The maximum absolute atomic E-state index is 12.3. The van der Waals surface area contributed by atoms with E-state index in [1.165, 1.54) is 11.1 Å². The third-order valence-corrected chi connectivity index (χ3v) is 3.35. The lowest BCUT2D eigenvalue weighted by molar-refractivity contribution is -0.135. The van der Waals surface area contributed by atoms with Crippen molar-refractivity contribution in [2.24, 2.45) is 11.1 Å². The molecule has 0 unspecified atom stereocenters. The molecule has 0 saturated carbocycles. The van der Waals surface area contributed by atoms with Gasteiger partial charge in [0, 0.05) is 13.1 Å². The van der Waals surface area contributed by atoms with Gasteiger partial charge in [-0.15, -0.1) is 0 Å². The lowest BCUT2D eigenvalue weighted by Gasteiger charge is -2.29. The Labute approximate surface area is 103 Å². The molecule has 1 aromatic rings. The molecule has 1 amide bonds. The lowest BCUT2D eigenvalue weighted by Crippen LogP contribution is -2.48. The smallest absolute Gasteiger partial charge is 0.240 e. The zero-order valence-electron chi connectivity index (χ0n) is 10.7. The first-order valence-corrected chi connectivity index (χ1v) is 6.01. The fourth-order valence-electron chi connectivity index (χ4n) is 2.06. The highest BCUT2D eigenvalue weighted by Gasteiger charge is 2.33. The molecule has 1 aromatic carbocycles. The molecule has 17 heavy (non-hydrogen) atoms. The van der Waals surface area contributed by atoms with E-state index in [0.29, 0.717) is 13.1 Å². The van der Waals surface area contributed by atoms with Crippen LogP contribution in [0.15, 0.2) is 24.3 Å². The molecular weight excluding hydrogens is 212 g/mol. The third-order valence-electron chi connectivity index (χ3n) is 3.35. The summed E-state index contributed by atoms with van der Waals surface area (Å²) in [7, 11) is 0. The standard InChI is InChI=1S/C14H20N2O/c1-14(2,3)12(15)13(17)16-8-10-6-4-5-7-11(10)9-16/h4-7,12H,8-9,15H2,1-3H3/t12-/m0/s1. The van der Waals surface area contributed by atoms with Gasteiger partial charge in [0.05, 0.1) is 6.04 Å². The van der Waals surface area contributed by atoms with Gasteiger partial charge in [-0.3, -0.25) is 4.79 Å². The molecule has 0 bridgehead atoms. The zero-order valence-corrected chi connectivity index (χ0v) is 10.7. The summed E-state index contributed by atoms with van der Waals surface area (Å²) in [5.41, 5.74) is 8.30. The minimum absolute atomic E-state index is 0.0497. The summed E-state index contributed by atoms with van der Waals surface area (Å²) in [5.74, 6) is 0.0497. The van der Waals surface area contributed by atoms with E-state index in [9.17, 15) is 4.79 Å². The van der Waals surface area contributed by atoms with Crippen molar-refractivity contribution in [2.45, 2.75) is 39.9 Å². The Hall–Kier alpha value is -1.35. The second-order valence-corrected chi connectivity index (χ2v) is 5.81. The number of carbonyl (C=O) groups is 1. The molecule has 0 aromatic heterocycles.